The van der Waals surface area contributed by atoms with Crippen molar-refractivity contribution in [1.82, 2.24) is 20.8 Å². The van der Waals surface area contributed by atoms with Crippen LogP contribution in [0.4, 0.5) is 9.52 Å². The van der Waals surface area contributed by atoms with Crippen LogP contribution in [-0.2, 0) is 4.74 Å². The quantitative estimate of drug-likeness (QED) is 0.621. The van der Waals surface area contributed by atoms with Crippen LogP contribution in [0.1, 0.15) is 31.4 Å². The smallest absolute Gasteiger partial charge is 0.281 e. The van der Waals surface area contributed by atoms with Gasteiger partial charge in [0.2, 0.25) is 0 Å². The van der Waals surface area contributed by atoms with E-state index in [1.165, 1.54) is 29.5 Å². The van der Waals surface area contributed by atoms with Crippen molar-refractivity contribution >= 4 is 39.2 Å². The van der Waals surface area contributed by atoms with Gasteiger partial charge in [-0.3, -0.25) is 25.4 Å². The SMILES string of the molecule is Cc1cc(C(=O)NNC(=O)c2sc(N3CCOCC3)nc2C)c2ccc(F)cc2n1. The standard InChI is InChI=1S/C20H20FN5O3S/c1-11-9-15(14-4-3-13(21)10-16(14)22-11)18(27)24-25-19(28)17-12(2)23-20(30-17)26-5-7-29-8-6-26/h3-4,9-10H,5-8H2,1-2H3,(H,24,27)(H,25,28). The number of rotatable bonds is 3. The van der Waals surface area contributed by atoms with Crippen LogP contribution in [0.3, 0.4) is 0 Å². The topological polar surface area (TPSA) is 96.5 Å². The van der Waals surface area contributed by atoms with Crippen molar-refractivity contribution in [2.45, 2.75) is 13.8 Å². The second-order valence-corrected chi connectivity index (χ2v) is 7.87. The third-order valence-electron chi connectivity index (χ3n) is 4.71. The zero-order chi connectivity index (χ0) is 21.3. The molecule has 1 saturated heterocycles. The Morgan fingerprint density at radius 3 is 2.60 bits per heavy atom. The first-order chi connectivity index (χ1) is 14.4. The van der Waals surface area contributed by atoms with Crippen molar-refractivity contribution in [3.8, 4) is 0 Å². The molecule has 0 radical (unpaired) electrons. The Morgan fingerprint density at radius 1 is 1.10 bits per heavy atom. The lowest BCUT2D eigenvalue weighted by molar-refractivity contribution is 0.0849. The normalized spacial score (nSPS) is 14.0. The lowest BCUT2D eigenvalue weighted by atomic mass is 10.1. The summed E-state index contributed by atoms with van der Waals surface area (Å²) in [5.74, 6) is -1.39. The van der Waals surface area contributed by atoms with Crippen molar-refractivity contribution in [3.05, 3.63) is 51.9 Å². The van der Waals surface area contributed by atoms with Crippen molar-refractivity contribution < 1.29 is 18.7 Å². The van der Waals surface area contributed by atoms with Gasteiger partial charge in [-0.25, -0.2) is 9.37 Å². The Labute approximate surface area is 176 Å². The average molecular weight is 429 g/mol. The highest BCUT2D eigenvalue weighted by Gasteiger charge is 2.21. The molecule has 0 unspecified atom stereocenters. The lowest BCUT2D eigenvalue weighted by Gasteiger charge is -2.25. The summed E-state index contributed by atoms with van der Waals surface area (Å²) in [5, 5.41) is 1.25. The number of amides is 2. The third kappa shape index (κ3) is 4.10. The van der Waals surface area contributed by atoms with Gasteiger partial charge in [0.25, 0.3) is 11.8 Å². The van der Waals surface area contributed by atoms with Gasteiger partial charge in [0.1, 0.15) is 10.7 Å². The molecule has 10 heteroatoms. The van der Waals surface area contributed by atoms with Crippen molar-refractivity contribution in [1.29, 1.82) is 0 Å². The minimum absolute atomic E-state index is 0.299. The van der Waals surface area contributed by atoms with E-state index < -0.39 is 17.6 Å². The number of ether oxygens (including phenoxy) is 1. The molecular formula is C20H20FN5O3S. The number of halogens is 1. The molecular weight excluding hydrogens is 409 g/mol. The van der Waals surface area contributed by atoms with Gasteiger partial charge in [-0.2, -0.15) is 0 Å². The molecule has 0 bridgehead atoms. The molecule has 1 aliphatic rings. The van der Waals surface area contributed by atoms with E-state index in [4.69, 9.17) is 4.74 Å². The second kappa shape index (κ2) is 8.33. The van der Waals surface area contributed by atoms with Gasteiger partial charge in [-0.05, 0) is 32.0 Å². The number of thiazole rings is 1. The number of pyridine rings is 1. The summed E-state index contributed by atoms with van der Waals surface area (Å²) in [6.45, 7) is 6.16. The summed E-state index contributed by atoms with van der Waals surface area (Å²) in [6, 6.07) is 5.63. The molecule has 156 valence electrons. The maximum Gasteiger partial charge on any atom is 0.281 e. The Kier molecular flexibility index (Phi) is 5.60. The maximum absolute atomic E-state index is 13.5. The number of carbonyl (C=O) groups excluding carboxylic acids is 2. The van der Waals surface area contributed by atoms with Crippen molar-refractivity contribution in [2.75, 3.05) is 31.2 Å². The molecule has 30 heavy (non-hydrogen) atoms. The number of carbonyl (C=O) groups is 2. The molecule has 1 aromatic carbocycles. The van der Waals surface area contributed by atoms with Gasteiger partial charge in [0, 0.05) is 30.2 Å². The van der Waals surface area contributed by atoms with E-state index in [1.807, 2.05) is 0 Å². The number of nitrogens with one attached hydrogen (secondary N) is 2. The summed E-state index contributed by atoms with van der Waals surface area (Å²) >= 11 is 1.27. The number of aromatic nitrogens is 2. The number of anilines is 1. The first-order valence-corrected chi connectivity index (χ1v) is 10.2. The van der Waals surface area contributed by atoms with Crippen LogP contribution in [0.5, 0.6) is 0 Å². The molecule has 4 rings (SSSR count). The summed E-state index contributed by atoms with van der Waals surface area (Å²) in [4.78, 5) is 36.5. The highest BCUT2D eigenvalue weighted by molar-refractivity contribution is 7.17. The Morgan fingerprint density at radius 2 is 1.83 bits per heavy atom. The Hall–Kier alpha value is -3.11. The van der Waals surface area contributed by atoms with Gasteiger partial charge < -0.3 is 9.64 Å². The number of benzene rings is 1. The van der Waals surface area contributed by atoms with Crippen LogP contribution in [0.15, 0.2) is 24.3 Å². The largest absolute Gasteiger partial charge is 0.378 e. The Bertz CT molecular complexity index is 1120. The predicted octanol–water partition coefficient (Wildman–Crippen LogP) is 2.36. The fourth-order valence-corrected chi connectivity index (χ4v) is 4.26. The van der Waals surface area contributed by atoms with Crippen LogP contribution in [-0.4, -0.2) is 48.1 Å². The molecule has 0 spiro atoms. The summed E-state index contributed by atoms with van der Waals surface area (Å²) in [7, 11) is 0. The molecule has 3 heterocycles. The van der Waals surface area contributed by atoms with Crippen LogP contribution < -0.4 is 15.8 Å². The number of hydrogen-bond acceptors (Lipinski definition) is 7. The van der Waals surface area contributed by atoms with Gasteiger partial charge >= 0.3 is 0 Å². The first kappa shape index (κ1) is 20.2. The molecule has 0 aliphatic carbocycles. The highest BCUT2D eigenvalue weighted by Crippen LogP contribution is 2.26. The number of morpholine rings is 1. The maximum atomic E-state index is 13.5. The highest BCUT2D eigenvalue weighted by atomic mass is 32.1. The zero-order valence-corrected chi connectivity index (χ0v) is 17.3. The van der Waals surface area contributed by atoms with Crippen LogP contribution in [0, 0.1) is 19.7 Å². The van der Waals surface area contributed by atoms with Gasteiger partial charge in [-0.1, -0.05) is 11.3 Å². The number of hydrazine groups is 1. The van der Waals surface area contributed by atoms with Crippen molar-refractivity contribution in [2.24, 2.45) is 0 Å². The van der Waals surface area contributed by atoms with Gasteiger partial charge in [0.05, 0.1) is 30.0 Å². The number of aryl methyl sites for hydroxylation is 2. The van der Waals surface area contributed by atoms with E-state index in [9.17, 15) is 14.0 Å². The molecule has 2 amide bonds. The fourth-order valence-electron chi connectivity index (χ4n) is 3.24. The molecule has 0 atom stereocenters. The summed E-state index contributed by atoms with van der Waals surface area (Å²) in [6.07, 6.45) is 0. The third-order valence-corrected chi connectivity index (χ3v) is 5.92. The molecule has 2 aromatic heterocycles. The number of fused-ring (bicyclic) bond motifs is 1. The van der Waals surface area contributed by atoms with Crippen LogP contribution in [0.25, 0.3) is 10.9 Å². The summed E-state index contributed by atoms with van der Waals surface area (Å²) in [5.41, 5.74) is 6.71. The second-order valence-electron chi connectivity index (χ2n) is 6.89. The van der Waals surface area contributed by atoms with E-state index in [-0.39, 0.29) is 0 Å². The molecule has 0 saturated carbocycles. The van der Waals surface area contributed by atoms with E-state index in [1.54, 1.807) is 19.9 Å². The van der Waals surface area contributed by atoms with Crippen LogP contribution in [0.2, 0.25) is 0 Å². The predicted molar refractivity (Wildman–Crippen MR) is 111 cm³/mol. The van der Waals surface area contributed by atoms with Gasteiger partial charge in [0.15, 0.2) is 5.13 Å². The van der Waals surface area contributed by atoms with E-state index in [0.29, 0.717) is 45.9 Å². The first-order valence-electron chi connectivity index (χ1n) is 9.40. The molecule has 8 nitrogen and oxygen atoms in total. The summed E-state index contributed by atoms with van der Waals surface area (Å²) < 4.78 is 18.8. The molecule has 3 aromatic rings. The van der Waals surface area contributed by atoms with E-state index in [0.717, 1.165) is 18.2 Å². The number of hydrogen-bond donors (Lipinski definition) is 2. The average Bonchev–Trinajstić information content (AvgIpc) is 3.13. The molecule has 1 fully saturated rings. The van der Waals surface area contributed by atoms with Crippen LogP contribution >= 0.6 is 11.3 Å². The monoisotopic (exact) mass is 429 g/mol. The lowest BCUT2D eigenvalue weighted by Crippen LogP contribution is -2.41. The Balaban J connectivity index is 1.49. The molecule has 1 aliphatic heterocycles. The van der Waals surface area contributed by atoms with E-state index in [2.05, 4.69) is 25.7 Å². The fraction of sp³-hybridized carbons (Fsp3) is 0.300. The van der Waals surface area contributed by atoms with Crippen molar-refractivity contribution in [3.63, 3.8) is 0 Å². The minimum Gasteiger partial charge on any atom is -0.378 e. The minimum atomic E-state index is -0.513. The number of nitrogens with zero attached hydrogens (tertiary/aromatic N) is 3. The zero-order valence-electron chi connectivity index (χ0n) is 16.5. The molecule has 2 N–H and O–H groups in total. The van der Waals surface area contributed by atoms with E-state index >= 15 is 0 Å². The van der Waals surface area contributed by atoms with Gasteiger partial charge in [-0.15, -0.1) is 0 Å².